The zero-order chi connectivity index (χ0) is 17.3. The number of aliphatic hydroxyl groups is 3. The Kier molecular flexibility index (Phi) is 41.1. The van der Waals surface area contributed by atoms with Gasteiger partial charge in [-0.2, -0.15) is 0 Å². The van der Waals surface area contributed by atoms with Gasteiger partial charge >= 0.3 is 0 Å². The summed E-state index contributed by atoms with van der Waals surface area (Å²) in [6.45, 7) is 3.60. The van der Waals surface area contributed by atoms with E-state index in [1.165, 1.54) is 0 Å². The summed E-state index contributed by atoms with van der Waals surface area (Å²) < 4.78 is 4.76. The van der Waals surface area contributed by atoms with Crippen LogP contribution in [0.1, 0.15) is 19.3 Å². The molecule has 9 heteroatoms. The summed E-state index contributed by atoms with van der Waals surface area (Å²) in [4.78, 5) is 0. The lowest BCUT2D eigenvalue weighted by atomic mass is 10.2. The van der Waals surface area contributed by atoms with E-state index < -0.39 is 0 Å². The van der Waals surface area contributed by atoms with E-state index in [1.807, 2.05) is 0 Å². The minimum atomic E-state index is 0.0833. The van der Waals surface area contributed by atoms with Crippen LogP contribution in [0.5, 0.6) is 0 Å². The van der Waals surface area contributed by atoms with Crippen molar-refractivity contribution >= 4 is 21.6 Å². The van der Waals surface area contributed by atoms with Crippen LogP contribution in [0.25, 0.3) is 0 Å². The Bertz CT molecular complexity index is 139. The van der Waals surface area contributed by atoms with Crippen molar-refractivity contribution in [1.82, 2.24) is 0 Å². The number of unbranched alkanes of at least 4 members (excludes halogenated alkanes) is 2. The molecule has 0 spiro atoms. The van der Waals surface area contributed by atoms with Gasteiger partial charge in [-0.15, -0.1) is 0 Å². The maximum atomic E-state index is 8.30. The van der Waals surface area contributed by atoms with Crippen molar-refractivity contribution in [3.8, 4) is 0 Å². The number of aliphatic hydroxyl groups excluding tert-OH is 3. The van der Waals surface area contributed by atoms with Gasteiger partial charge in [-0.25, -0.2) is 0 Å². The molecular formula is C13H35N3O4S2. The number of nitrogens with two attached hydrogens (primary N) is 3. The van der Waals surface area contributed by atoms with Crippen LogP contribution in [0.4, 0.5) is 0 Å². The van der Waals surface area contributed by atoms with Crippen molar-refractivity contribution in [2.75, 3.05) is 64.2 Å². The van der Waals surface area contributed by atoms with Gasteiger partial charge in [0.05, 0.1) is 26.4 Å². The fraction of sp³-hybridized carbons (Fsp3) is 1.00. The highest BCUT2D eigenvalue weighted by molar-refractivity contribution is 8.76. The highest BCUT2D eigenvalue weighted by Gasteiger charge is 1.84. The molecule has 0 unspecified atom stereocenters. The topological polar surface area (TPSA) is 148 Å². The van der Waals surface area contributed by atoms with Crippen LogP contribution in [-0.2, 0) is 4.74 Å². The van der Waals surface area contributed by atoms with E-state index in [4.69, 9.17) is 37.3 Å². The Balaban J connectivity index is -0.000000247. The fourth-order valence-electron chi connectivity index (χ4n) is 0.886. The molecule has 138 valence electrons. The van der Waals surface area contributed by atoms with Crippen molar-refractivity contribution in [2.45, 2.75) is 19.3 Å². The van der Waals surface area contributed by atoms with Crippen LogP contribution < -0.4 is 17.2 Å². The van der Waals surface area contributed by atoms with E-state index in [0.29, 0.717) is 26.4 Å². The van der Waals surface area contributed by atoms with Crippen molar-refractivity contribution < 1.29 is 20.1 Å². The molecule has 0 aliphatic heterocycles. The Hall–Kier alpha value is 0.420. The van der Waals surface area contributed by atoms with Gasteiger partial charge in [-0.1, -0.05) is 21.6 Å². The molecule has 0 aromatic rings. The van der Waals surface area contributed by atoms with Gasteiger partial charge in [0, 0.05) is 31.2 Å². The van der Waals surface area contributed by atoms with E-state index in [-0.39, 0.29) is 13.2 Å². The second kappa shape index (κ2) is 33.1. The summed E-state index contributed by atoms with van der Waals surface area (Å²) in [5, 5.41) is 24.7. The molecule has 0 aromatic carbocycles. The Morgan fingerprint density at radius 3 is 1.77 bits per heavy atom. The molecule has 0 aromatic heterocycles. The average molecular weight is 362 g/mol. The first-order valence-corrected chi connectivity index (χ1v) is 9.98. The van der Waals surface area contributed by atoms with Crippen LogP contribution in [0.3, 0.4) is 0 Å². The maximum absolute atomic E-state index is 8.30. The van der Waals surface area contributed by atoms with E-state index in [1.54, 1.807) is 21.6 Å². The smallest absolute Gasteiger partial charge is 0.0698 e. The molecule has 0 fully saturated rings. The molecule has 0 rings (SSSR count). The van der Waals surface area contributed by atoms with Crippen molar-refractivity contribution in [2.24, 2.45) is 17.2 Å². The molecule has 0 amide bonds. The summed E-state index contributed by atoms with van der Waals surface area (Å²) in [6.07, 6.45) is 3.00. The second-order valence-corrected chi connectivity index (χ2v) is 6.56. The van der Waals surface area contributed by atoms with Crippen LogP contribution in [0.15, 0.2) is 0 Å². The van der Waals surface area contributed by atoms with Crippen molar-refractivity contribution in [3.63, 3.8) is 0 Å². The molecule has 22 heavy (non-hydrogen) atoms. The highest BCUT2D eigenvalue weighted by Crippen LogP contribution is 2.18. The van der Waals surface area contributed by atoms with Crippen LogP contribution >= 0.6 is 21.6 Å². The molecule has 0 bridgehead atoms. The third kappa shape index (κ3) is 42.8. The summed E-state index contributed by atoms with van der Waals surface area (Å²) in [5.41, 5.74) is 15.5. The first-order chi connectivity index (χ1) is 10.7. The molecule has 0 aliphatic rings. The highest BCUT2D eigenvalue weighted by atomic mass is 33.1. The van der Waals surface area contributed by atoms with Gasteiger partial charge in [0.1, 0.15) is 0 Å². The van der Waals surface area contributed by atoms with Gasteiger partial charge in [-0.3, -0.25) is 0 Å². The first kappa shape index (κ1) is 27.3. The van der Waals surface area contributed by atoms with Crippen LogP contribution in [0, 0.1) is 0 Å². The zero-order valence-corrected chi connectivity index (χ0v) is 15.1. The standard InChI is InChI=1S/C5H13NO.C4H11NO2.C4H11NOS2/c6-4-2-1-3-5-7;5-1-3-7-4-2-6;5-1-3-7-8-4-2-6/h7H,1-6H2;6H,1-5H2;6H,1-5H2. The predicted octanol–water partition coefficient (Wildman–Crippen LogP) is -0.619. The quantitative estimate of drug-likeness (QED) is 0.186. The molecule has 0 saturated heterocycles. The van der Waals surface area contributed by atoms with Crippen LogP contribution in [0.2, 0.25) is 0 Å². The maximum Gasteiger partial charge on any atom is 0.0698 e. The number of hydrogen-bond acceptors (Lipinski definition) is 9. The van der Waals surface area contributed by atoms with E-state index >= 15 is 0 Å². The minimum absolute atomic E-state index is 0.0833. The Morgan fingerprint density at radius 1 is 0.636 bits per heavy atom. The fourth-order valence-corrected chi connectivity index (χ4v) is 2.51. The number of ether oxygens (including phenoxy) is 1. The summed E-state index contributed by atoms with van der Waals surface area (Å²) in [5.74, 6) is 1.79. The lowest BCUT2D eigenvalue weighted by Gasteiger charge is -1.95. The summed E-state index contributed by atoms with van der Waals surface area (Å²) in [7, 11) is 3.37. The number of rotatable bonds is 13. The second-order valence-electron chi connectivity index (χ2n) is 3.85. The molecule has 7 nitrogen and oxygen atoms in total. The third-order valence-electron chi connectivity index (χ3n) is 1.82. The summed E-state index contributed by atoms with van der Waals surface area (Å²) >= 11 is 0. The third-order valence-corrected chi connectivity index (χ3v) is 4.24. The Morgan fingerprint density at radius 2 is 1.32 bits per heavy atom. The van der Waals surface area contributed by atoms with Gasteiger partial charge in [0.15, 0.2) is 0 Å². The normalized spacial score (nSPS) is 9.55. The number of hydrogen-bond donors (Lipinski definition) is 6. The largest absolute Gasteiger partial charge is 0.396 e. The van der Waals surface area contributed by atoms with Gasteiger partial charge in [0.2, 0.25) is 0 Å². The SMILES string of the molecule is NCCCCCO.NCCOCCO.NCCSSCCO. The summed E-state index contributed by atoms with van der Waals surface area (Å²) in [6, 6.07) is 0. The Labute approximate surface area is 142 Å². The van der Waals surface area contributed by atoms with Crippen molar-refractivity contribution in [3.05, 3.63) is 0 Å². The molecule has 0 saturated carbocycles. The van der Waals surface area contributed by atoms with E-state index in [0.717, 1.165) is 43.9 Å². The first-order valence-electron chi connectivity index (χ1n) is 7.49. The zero-order valence-electron chi connectivity index (χ0n) is 13.5. The van der Waals surface area contributed by atoms with Gasteiger partial charge < -0.3 is 37.3 Å². The minimum Gasteiger partial charge on any atom is -0.396 e. The predicted molar refractivity (Wildman–Crippen MR) is 98.0 cm³/mol. The van der Waals surface area contributed by atoms with Crippen molar-refractivity contribution in [1.29, 1.82) is 0 Å². The molecule has 0 heterocycles. The van der Waals surface area contributed by atoms with E-state index in [9.17, 15) is 0 Å². The molecular weight excluding hydrogens is 326 g/mol. The molecule has 0 radical (unpaired) electrons. The molecule has 0 atom stereocenters. The lowest BCUT2D eigenvalue weighted by molar-refractivity contribution is 0.0976. The molecule has 0 aliphatic carbocycles. The average Bonchev–Trinajstić information content (AvgIpc) is 2.54. The van der Waals surface area contributed by atoms with Gasteiger partial charge in [0.25, 0.3) is 0 Å². The van der Waals surface area contributed by atoms with E-state index in [2.05, 4.69) is 0 Å². The lowest BCUT2D eigenvalue weighted by Crippen LogP contribution is -2.10. The van der Waals surface area contributed by atoms with Crippen LogP contribution in [-0.4, -0.2) is 79.5 Å². The monoisotopic (exact) mass is 361 g/mol. The molecule has 9 N–H and O–H groups in total. The van der Waals surface area contributed by atoms with Gasteiger partial charge in [-0.05, 0) is 25.8 Å².